The molecule has 7 nitrogen and oxygen atoms in total. The Hall–Kier alpha value is -1.76. The Bertz CT molecular complexity index is 512. The largest absolute Gasteiger partial charge is 0.330 e. The lowest BCUT2D eigenvalue weighted by Gasteiger charge is -2.03. The highest BCUT2D eigenvalue weighted by Gasteiger charge is 2.09. The topological polar surface area (TPSA) is 102 Å². The van der Waals surface area contributed by atoms with Crippen molar-refractivity contribution in [3.8, 4) is 0 Å². The molecule has 0 aromatic carbocycles. The number of H-pyrrole nitrogens is 1. The summed E-state index contributed by atoms with van der Waals surface area (Å²) in [7, 11) is 0. The molecule has 0 unspecified atom stereocenters. The lowest BCUT2D eigenvalue weighted by atomic mass is 10.2. The number of aromatic nitrogens is 5. The van der Waals surface area contributed by atoms with Gasteiger partial charge in [-0.05, 0) is 30.3 Å². The summed E-state index contributed by atoms with van der Waals surface area (Å²) in [6, 6.07) is 0. The molecule has 0 fully saturated rings. The first-order valence-corrected chi connectivity index (χ1v) is 4.24. The van der Waals surface area contributed by atoms with Gasteiger partial charge < -0.3 is 5.73 Å². The maximum absolute atomic E-state index is 11.5. The number of nitrogens with two attached hydrogens (primary N) is 1. The maximum Gasteiger partial charge on any atom is 0.255 e. The Morgan fingerprint density at radius 3 is 3.07 bits per heavy atom. The van der Waals surface area contributed by atoms with Gasteiger partial charge in [-0.15, -0.1) is 0 Å². The Morgan fingerprint density at radius 1 is 1.57 bits per heavy atom. The minimum atomic E-state index is -0.171. The minimum absolute atomic E-state index is 0.171. The molecule has 2 aromatic heterocycles. The molecule has 0 amide bonds. The van der Waals surface area contributed by atoms with Crippen molar-refractivity contribution in [3.63, 3.8) is 0 Å². The minimum Gasteiger partial charge on any atom is -0.330 e. The van der Waals surface area contributed by atoms with Gasteiger partial charge in [0.15, 0.2) is 0 Å². The van der Waals surface area contributed by atoms with E-state index in [4.69, 9.17) is 5.73 Å². The van der Waals surface area contributed by atoms with Crippen LogP contribution in [0.2, 0.25) is 0 Å². The van der Waals surface area contributed by atoms with Gasteiger partial charge in [-0.25, -0.2) is 0 Å². The fourth-order valence-corrected chi connectivity index (χ4v) is 1.40. The number of tetrazole rings is 1. The van der Waals surface area contributed by atoms with Crippen LogP contribution in [0.3, 0.4) is 0 Å². The van der Waals surface area contributed by atoms with Crippen LogP contribution in [-0.4, -0.2) is 31.6 Å². The summed E-state index contributed by atoms with van der Waals surface area (Å²) in [5.41, 5.74) is 6.60. The number of rotatable bonds is 2. The molecule has 74 valence electrons. The Labute approximate surface area is 78.9 Å². The van der Waals surface area contributed by atoms with Gasteiger partial charge in [0.25, 0.3) is 11.3 Å². The summed E-state index contributed by atoms with van der Waals surface area (Å²) < 4.78 is 1.49. The molecule has 3 N–H and O–H groups in total. The Balaban J connectivity index is 2.75. The maximum atomic E-state index is 11.5. The average Bonchev–Trinajstić information content (AvgIpc) is 2.60. The van der Waals surface area contributed by atoms with Gasteiger partial charge >= 0.3 is 0 Å². The second-order valence-corrected chi connectivity index (χ2v) is 2.97. The molecule has 0 aliphatic heterocycles. The van der Waals surface area contributed by atoms with Crippen LogP contribution in [0.25, 0.3) is 5.78 Å². The molecular weight excluding hydrogens is 184 g/mol. The van der Waals surface area contributed by atoms with Gasteiger partial charge in [-0.3, -0.25) is 9.78 Å². The number of hydrogen-bond acceptors (Lipinski definition) is 5. The first kappa shape index (κ1) is 8.82. The van der Waals surface area contributed by atoms with E-state index in [9.17, 15) is 4.79 Å². The first-order valence-electron chi connectivity index (χ1n) is 4.24. The quantitative estimate of drug-likeness (QED) is 0.613. The fraction of sp³-hybridized carbons (Fsp3) is 0.429. The molecule has 0 radical (unpaired) electrons. The SMILES string of the molecule is Cc1c(CCN)c(=O)[nH]c2nnnn12. The van der Waals surface area contributed by atoms with E-state index in [1.807, 2.05) is 0 Å². The lowest BCUT2D eigenvalue weighted by molar-refractivity contribution is 0.778. The van der Waals surface area contributed by atoms with Crippen molar-refractivity contribution in [2.45, 2.75) is 13.3 Å². The molecule has 2 aromatic rings. The van der Waals surface area contributed by atoms with E-state index in [2.05, 4.69) is 20.5 Å². The third kappa shape index (κ3) is 1.18. The van der Waals surface area contributed by atoms with E-state index in [1.54, 1.807) is 6.92 Å². The van der Waals surface area contributed by atoms with E-state index in [1.165, 1.54) is 4.52 Å². The molecule has 0 atom stereocenters. The number of hydrogen-bond donors (Lipinski definition) is 2. The van der Waals surface area contributed by atoms with Crippen LogP contribution in [0, 0.1) is 6.92 Å². The summed E-state index contributed by atoms with van der Waals surface area (Å²) in [6.45, 7) is 2.22. The summed E-state index contributed by atoms with van der Waals surface area (Å²) in [5, 5.41) is 10.9. The highest BCUT2D eigenvalue weighted by Crippen LogP contribution is 2.01. The van der Waals surface area contributed by atoms with Crippen molar-refractivity contribution in [2.75, 3.05) is 6.54 Å². The predicted molar refractivity (Wildman–Crippen MR) is 48.9 cm³/mol. The van der Waals surface area contributed by atoms with Gasteiger partial charge in [-0.1, -0.05) is 5.10 Å². The first-order chi connectivity index (χ1) is 6.74. The van der Waals surface area contributed by atoms with Gasteiger partial charge in [0, 0.05) is 5.56 Å². The molecule has 2 rings (SSSR count). The summed E-state index contributed by atoms with van der Waals surface area (Å²) >= 11 is 0. The van der Waals surface area contributed by atoms with Crippen LogP contribution >= 0.6 is 0 Å². The van der Waals surface area contributed by atoms with Gasteiger partial charge in [0.1, 0.15) is 0 Å². The number of nitrogens with one attached hydrogen (secondary N) is 1. The highest BCUT2D eigenvalue weighted by molar-refractivity contribution is 5.30. The second-order valence-electron chi connectivity index (χ2n) is 2.97. The molecule has 0 aliphatic rings. The molecule has 0 bridgehead atoms. The third-order valence-electron chi connectivity index (χ3n) is 2.12. The smallest absolute Gasteiger partial charge is 0.255 e. The molecule has 0 spiro atoms. The van der Waals surface area contributed by atoms with E-state index >= 15 is 0 Å². The zero-order chi connectivity index (χ0) is 10.1. The molecule has 2 heterocycles. The van der Waals surface area contributed by atoms with Gasteiger partial charge in [0.2, 0.25) is 0 Å². The summed E-state index contributed by atoms with van der Waals surface area (Å²) in [6.07, 6.45) is 0.525. The summed E-state index contributed by atoms with van der Waals surface area (Å²) in [5.74, 6) is 0.355. The van der Waals surface area contributed by atoms with Crippen molar-refractivity contribution in [1.82, 2.24) is 25.0 Å². The Kier molecular flexibility index (Phi) is 2.01. The molecule has 0 saturated carbocycles. The van der Waals surface area contributed by atoms with Crippen molar-refractivity contribution in [3.05, 3.63) is 21.6 Å². The van der Waals surface area contributed by atoms with E-state index < -0.39 is 0 Å². The summed E-state index contributed by atoms with van der Waals surface area (Å²) in [4.78, 5) is 14.1. The van der Waals surface area contributed by atoms with Crippen LogP contribution < -0.4 is 11.3 Å². The molecular formula is C7H10N6O. The zero-order valence-corrected chi connectivity index (χ0v) is 7.69. The number of aromatic amines is 1. The third-order valence-corrected chi connectivity index (χ3v) is 2.12. The van der Waals surface area contributed by atoms with Crippen molar-refractivity contribution in [2.24, 2.45) is 5.73 Å². The van der Waals surface area contributed by atoms with Crippen molar-refractivity contribution in [1.29, 1.82) is 0 Å². The average molecular weight is 194 g/mol. The Morgan fingerprint density at radius 2 is 2.36 bits per heavy atom. The number of fused-ring (bicyclic) bond motifs is 1. The number of nitrogens with zero attached hydrogens (tertiary/aromatic N) is 4. The van der Waals surface area contributed by atoms with E-state index in [0.717, 1.165) is 5.69 Å². The van der Waals surface area contributed by atoms with Crippen molar-refractivity contribution < 1.29 is 0 Å². The van der Waals surface area contributed by atoms with Crippen LogP contribution in [0.15, 0.2) is 4.79 Å². The van der Waals surface area contributed by atoms with E-state index in [0.29, 0.717) is 24.3 Å². The van der Waals surface area contributed by atoms with Crippen LogP contribution in [0.1, 0.15) is 11.3 Å². The fourth-order valence-electron chi connectivity index (χ4n) is 1.40. The predicted octanol–water partition coefficient (Wildman–Crippen LogP) is -1.38. The normalized spacial score (nSPS) is 11.0. The van der Waals surface area contributed by atoms with Crippen LogP contribution in [0.5, 0.6) is 0 Å². The molecule has 7 heteroatoms. The standard InChI is InChI=1S/C7H10N6O/c1-4-5(2-3-8)6(14)9-7-10-11-12-13(4)7/h2-3,8H2,1H3,(H,9,10,12,14). The zero-order valence-electron chi connectivity index (χ0n) is 7.69. The second kappa shape index (κ2) is 3.18. The molecule has 14 heavy (non-hydrogen) atoms. The van der Waals surface area contributed by atoms with E-state index in [-0.39, 0.29) is 5.56 Å². The van der Waals surface area contributed by atoms with Gasteiger partial charge in [0.05, 0.1) is 5.69 Å². The van der Waals surface area contributed by atoms with Gasteiger partial charge in [-0.2, -0.15) is 4.52 Å². The van der Waals surface area contributed by atoms with Crippen LogP contribution in [-0.2, 0) is 6.42 Å². The monoisotopic (exact) mass is 194 g/mol. The van der Waals surface area contributed by atoms with Crippen LogP contribution in [0.4, 0.5) is 0 Å². The highest BCUT2D eigenvalue weighted by atomic mass is 16.1. The lowest BCUT2D eigenvalue weighted by Crippen LogP contribution is -2.21. The molecule has 0 saturated heterocycles. The van der Waals surface area contributed by atoms with Crippen molar-refractivity contribution >= 4 is 5.78 Å². The number of aryl methyl sites for hydroxylation is 1. The molecule has 0 aliphatic carbocycles.